The highest BCUT2D eigenvalue weighted by Crippen LogP contribution is 2.17. The van der Waals surface area contributed by atoms with Crippen LogP contribution in [0.15, 0.2) is 16.7 Å². The van der Waals surface area contributed by atoms with Gasteiger partial charge >= 0.3 is 5.97 Å². The second kappa shape index (κ2) is 6.73. The molecule has 0 aliphatic carbocycles. The van der Waals surface area contributed by atoms with Crippen molar-refractivity contribution in [1.29, 1.82) is 0 Å². The number of carboxylic acids is 1. The second-order valence-electron chi connectivity index (χ2n) is 4.98. The molecule has 1 saturated heterocycles. The molecule has 1 unspecified atom stereocenters. The van der Waals surface area contributed by atoms with Gasteiger partial charge in [0.25, 0.3) is 0 Å². The molecular weight excluding hydrogens is 246 g/mol. The summed E-state index contributed by atoms with van der Waals surface area (Å²) in [6.45, 7) is 5.47. The maximum absolute atomic E-state index is 10.8. The van der Waals surface area contributed by atoms with Crippen LogP contribution in [0.1, 0.15) is 42.3 Å². The first-order chi connectivity index (χ1) is 9.19. The van der Waals surface area contributed by atoms with Crippen molar-refractivity contribution in [2.75, 3.05) is 19.7 Å². The van der Waals surface area contributed by atoms with Crippen LogP contribution in [0, 0.1) is 0 Å². The Morgan fingerprint density at radius 1 is 1.63 bits per heavy atom. The summed E-state index contributed by atoms with van der Waals surface area (Å²) < 4.78 is 11.1. The molecule has 0 aromatic carbocycles. The van der Waals surface area contributed by atoms with Crippen LogP contribution < -0.4 is 0 Å². The summed E-state index contributed by atoms with van der Waals surface area (Å²) in [5, 5.41) is 8.85. The monoisotopic (exact) mass is 267 g/mol. The number of hydrogen-bond acceptors (Lipinski definition) is 4. The fourth-order valence-corrected chi connectivity index (χ4v) is 2.37. The number of hydrogen-bond donors (Lipinski definition) is 1. The summed E-state index contributed by atoms with van der Waals surface area (Å²) in [5.41, 5.74) is 0.214. The molecule has 1 aliphatic heterocycles. The number of ether oxygens (including phenoxy) is 1. The van der Waals surface area contributed by atoms with E-state index in [2.05, 4.69) is 11.8 Å². The van der Waals surface area contributed by atoms with E-state index in [1.165, 1.54) is 6.26 Å². The molecule has 0 amide bonds. The van der Waals surface area contributed by atoms with Gasteiger partial charge < -0.3 is 14.3 Å². The van der Waals surface area contributed by atoms with Crippen LogP contribution in [0.25, 0.3) is 0 Å². The van der Waals surface area contributed by atoms with E-state index in [-0.39, 0.29) is 5.56 Å². The molecule has 2 heterocycles. The molecular formula is C14H21NO4. The maximum Gasteiger partial charge on any atom is 0.338 e. The van der Waals surface area contributed by atoms with Gasteiger partial charge in [-0.25, -0.2) is 4.79 Å². The number of aromatic carboxylic acids is 1. The average molecular weight is 267 g/mol. The van der Waals surface area contributed by atoms with Crippen molar-refractivity contribution < 1.29 is 19.1 Å². The first-order valence-electron chi connectivity index (χ1n) is 6.83. The molecule has 2 rings (SSSR count). The Kier molecular flexibility index (Phi) is 4.99. The Labute approximate surface area is 113 Å². The number of furan rings is 1. The van der Waals surface area contributed by atoms with Gasteiger partial charge in [0.15, 0.2) is 0 Å². The highest BCUT2D eigenvalue weighted by atomic mass is 16.5. The number of carboxylic acid groups (broad SMARTS) is 1. The number of likely N-dealkylation sites (tertiary alicyclic amines) is 1. The Hall–Kier alpha value is -1.33. The number of rotatable bonds is 6. The molecule has 5 heteroatoms. The number of piperidine rings is 1. The lowest BCUT2D eigenvalue weighted by molar-refractivity contribution is -0.00373. The van der Waals surface area contributed by atoms with Gasteiger partial charge in [0, 0.05) is 13.2 Å². The van der Waals surface area contributed by atoms with E-state index < -0.39 is 5.97 Å². The van der Waals surface area contributed by atoms with Crippen molar-refractivity contribution in [2.45, 2.75) is 38.8 Å². The largest absolute Gasteiger partial charge is 0.478 e. The first kappa shape index (κ1) is 14.1. The van der Waals surface area contributed by atoms with Crippen LogP contribution in [-0.2, 0) is 11.3 Å². The fraction of sp³-hybridized carbons (Fsp3) is 0.643. The van der Waals surface area contributed by atoms with Crippen LogP contribution in [0.5, 0.6) is 0 Å². The zero-order valence-electron chi connectivity index (χ0n) is 11.3. The summed E-state index contributed by atoms with van der Waals surface area (Å²) in [7, 11) is 0. The Balaban J connectivity index is 1.85. The molecule has 19 heavy (non-hydrogen) atoms. The van der Waals surface area contributed by atoms with Gasteiger partial charge in [-0.1, -0.05) is 6.92 Å². The smallest absolute Gasteiger partial charge is 0.338 e. The van der Waals surface area contributed by atoms with E-state index in [0.29, 0.717) is 18.4 Å². The lowest BCUT2D eigenvalue weighted by Gasteiger charge is -2.31. The lowest BCUT2D eigenvalue weighted by Crippen LogP contribution is -2.39. The minimum Gasteiger partial charge on any atom is -0.478 e. The molecule has 5 nitrogen and oxygen atoms in total. The minimum absolute atomic E-state index is 0.214. The molecule has 0 spiro atoms. The van der Waals surface area contributed by atoms with Crippen LogP contribution >= 0.6 is 0 Å². The van der Waals surface area contributed by atoms with Gasteiger partial charge in [-0.15, -0.1) is 0 Å². The first-order valence-corrected chi connectivity index (χ1v) is 6.83. The van der Waals surface area contributed by atoms with Crippen molar-refractivity contribution in [3.8, 4) is 0 Å². The van der Waals surface area contributed by atoms with Gasteiger partial charge in [0.2, 0.25) is 0 Å². The van der Waals surface area contributed by atoms with Crippen molar-refractivity contribution >= 4 is 5.97 Å². The third kappa shape index (κ3) is 4.08. The normalized spacial score (nSPS) is 20.6. The molecule has 1 aliphatic rings. The molecule has 1 aromatic rings. The van der Waals surface area contributed by atoms with Crippen LogP contribution in [0.2, 0.25) is 0 Å². The standard InChI is InChI=1S/C14H21NO4/c1-2-6-18-12-4-3-5-15(8-12)9-13-7-11(10-19-13)14(16)17/h7,10,12H,2-6,8-9H2,1H3,(H,16,17). The molecule has 106 valence electrons. The van der Waals surface area contributed by atoms with E-state index in [0.717, 1.165) is 39.0 Å². The third-order valence-corrected chi connectivity index (χ3v) is 3.30. The molecule has 1 N–H and O–H groups in total. The Bertz CT molecular complexity index is 415. The summed E-state index contributed by atoms with van der Waals surface area (Å²) in [4.78, 5) is 13.0. The molecule has 1 fully saturated rings. The van der Waals surface area contributed by atoms with Crippen molar-refractivity contribution in [3.63, 3.8) is 0 Å². The van der Waals surface area contributed by atoms with E-state index >= 15 is 0 Å². The summed E-state index contributed by atoms with van der Waals surface area (Å²) in [6.07, 6.45) is 4.85. The second-order valence-corrected chi connectivity index (χ2v) is 4.98. The van der Waals surface area contributed by atoms with Gasteiger partial charge in [0.05, 0.1) is 18.2 Å². The summed E-state index contributed by atoms with van der Waals surface area (Å²) in [5.74, 6) is -0.244. The molecule has 0 bridgehead atoms. The topological polar surface area (TPSA) is 62.9 Å². The zero-order valence-corrected chi connectivity index (χ0v) is 11.3. The SMILES string of the molecule is CCCOC1CCCN(Cc2cc(C(=O)O)co2)C1. The van der Waals surface area contributed by atoms with E-state index in [1.807, 2.05) is 0 Å². The van der Waals surface area contributed by atoms with Crippen molar-refractivity contribution in [1.82, 2.24) is 4.90 Å². The third-order valence-electron chi connectivity index (χ3n) is 3.30. The Morgan fingerprint density at radius 3 is 3.16 bits per heavy atom. The molecule has 0 saturated carbocycles. The van der Waals surface area contributed by atoms with Crippen molar-refractivity contribution in [3.05, 3.63) is 23.7 Å². The van der Waals surface area contributed by atoms with E-state index in [1.54, 1.807) is 6.07 Å². The molecule has 0 radical (unpaired) electrons. The predicted molar refractivity (Wildman–Crippen MR) is 70.2 cm³/mol. The lowest BCUT2D eigenvalue weighted by atomic mass is 10.1. The van der Waals surface area contributed by atoms with Crippen LogP contribution in [0.4, 0.5) is 0 Å². The Morgan fingerprint density at radius 2 is 2.47 bits per heavy atom. The molecule has 1 atom stereocenters. The van der Waals surface area contributed by atoms with Gasteiger partial charge in [-0.2, -0.15) is 0 Å². The number of nitrogens with zero attached hydrogens (tertiary/aromatic N) is 1. The van der Waals surface area contributed by atoms with Gasteiger partial charge in [-0.3, -0.25) is 4.90 Å². The summed E-state index contributed by atoms with van der Waals surface area (Å²) >= 11 is 0. The fourth-order valence-electron chi connectivity index (χ4n) is 2.37. The maximum atomic E-state index is 10.8. The van der Waals surface area contributed by atoms with Crippen LogP contribution in [0.3, 0.4) is 0 Å². The zero-order chi connectivity index (χ0) is 13.7. The van der Waals surface area contributed by atoms with Gasteiger partial charge in [0.1, 0.15) is 12.0 Å². The quantitative estimate of drug-likeness (QED) is 0.857. The van der Waals surface area contributed by atoms with E-state index in [4.69, 9.17) is 14.3 Å². The highest BCUT2D eigenvalue weighted by Gasteiger charge is 2.21. The summed E-state index contributed by atoms with van der Waals surface area (Å²) in [6, 6.07) is 1.60. The van der Waals surface area contributed by atoms with Crippen LogP contribution in [-0.4, -0.2) is 41.8 Å². The molecule has 1 aromatic heterocycles. The number of carbonyl (C=O) groups is 1. The highest BCUT2D eigenvalue weighted by molar-refractivity contribution is 5.87. The predicted octanol–water partition coefficient (Wildman–Crippen LogP) is 2.37. The van der Waals surface area contributed by atoms with E-state index in [9.17, 15) is 4.79 Å². The van der Waals surface area contributed by atoms with Gasteiger partial charge in [-0.05, 0) is 31.9 Å². The van der Waals surface area contributed by atoms with Crippen molar-refractivity contribution in [2.24, 2.45) is 0 Å². The average Bonchev–Trinajstić information content (AvgIpc) is 2.85. The minimum atomic E-state index is -0.946.